The van der Waals surface area contributed by atoms with Gasteiger partial charge in [-0.1, -0.05) is 96.8 Å². The van der Waals surface area contributed by atoms with Crippen LogP contribution in [-0.2, 0) is 9.53 Å². The van der Waals surface area contributed by atoms with Gasteiger partial charge in [0.15, 0.2) is 0 Å². The molecule has 0 fully saturated rings. The first-order chi connectivity index (χ1) is 12.2. The highest BCUT2D eigenvalue weighted by Crippen LogP contribution is 2.13. The average Bonchev–Trinajstić information content (AvgIpc) is 2.62. The fraction of sp³-hybridized carbons (Fsp3) is 0.952. The fourth-order valence-corrected chi connectivity index (χ4v) is 2.95. The quantitative estimate of drug-likeness (QED) is 0.248. The van der Waals surface area contributed by atoms with Gasteiger partial charge in [0, 0.05) is 6.42 Å². The van der Waals surface area contributed by atoms with E-state index in [2.05, 4.69) is 6.92 Å². The minimum atomic E-state index is -0.954. The molecule has 2 N–H and O–H groups in total. The van der Waals surface area contributed by atoms with Gasteiger partial charge >= 0.3 is 5.97 Å². The van der Waals surface area contributed by atoms with Crippen LogP contribution in [0.4, 0.5) is 0 Å². The van der Waals surface area contributed by atoms with Gasteiger partial charge in [-0.05, 0) is 6.42 Å². The second kappa shape index (κ2) is 19.7. The van der Waals surface area contributed by atoms with E-state index >= 15 is 0 Å². The summed E-state index contributed by atoms with van der Waals surface area (Å²) in [6, 6.07) is 0. The number of carbonyl (C=O) groups excluding carboxylic acids is 1. The van der Waals surface area contributed by atoms with Crippen LogP contribution in [0.25, 0.3) is 0 Å². The molecule has 0 aliphatic carbocycles. The second-order valence-electron chi connectivity index (χ2n) is 7.22. The van der Waals surface area contributed by atoms with E-state index in [4.69, 9.17) is 14.9 Å². The number of carbonyl (C=O) groups is 1. The summed E-state index contributed by atoms with van der Waals surface area (Å²) < 4.78 is 4.86. The summed E-state index contributed by atoms with van der Waals surface area (Å²) in [5.41, 5.74) is 0. The molecule has 0 spiro atoms. The highest BCUT2D eigenvalue weighted by Gasteiger charge is 2.07. The first-order valence-corrected chi connectivity index (χ1v) is 10.6. The van der Waals surface area contributed by atoms with Gasteiger partial charge in [-0.15, -0.1) is 0 Å². The Morgan fingerprint density at radius 3 is 1.56 bits per heavy atom. The molecular weight excluding hydrogens is 316 g/mol. The van der Waals surface area contributed by atoms with Gasteiger partial charge in [-0.2, -0.15) is 0 Å². The van der Waals surface area contributed by atoms with Crippen molar-refractivity contribution in [3.8, 4) is 0 Å². The van der Waals surface area contributed by atoms with Gasteiger partial charge in [0.25, 0.3) is 0 Å². The van der Waals surface area contributed by atoms with Crippen molar-refractivity contribution in [3.05, 3.63) is 0 Å². The SMILES string of the molecule is CCCCCCCCCCCCCCCCCC(=O)OC[C@@H](O)CO. The molecule has 4 nitrogen and oxygen atoms in total. The lowest BCUT2D eigenvalue weighted by Gasteiger charge is -2.08. The zero-order valence-electron chi connectivity index (χ0n) is 16.5. The van der Waals surface area contributed by atoms with E-state index in [0.29, 0.717) is 6.42 Å². The summed E-state index contributed by atoms with van der Waals surface area (Å²) in [5.74, 6) is -0.276. The zero-order valence-corrected chi connectivity index (χ0v) is 16.5. The minimum absolute atomic E-state index is 0.103. The third kappa shape index (κ3) is 19.6. The predicted molar refractivity (Wildman–Crippen MR) is 104 cm³/mol. The molecule has 150 valence electrons. The highest BCUT2D eigenvalue weighted by molar-refractivity contribution is 5.69. The number of hydrogen-bond acceptors (Lipinski definition) is 4. The lowest BCUT2D eigenvalue weighted by atomic mass is 10.0. The molecule has 25 heavy (non-hydrogen) atoms. The number of rotatable bonds is 19. The third-order valence-electron chi connectivity index (χ3n) is 4.63. The number of esters is 1. The average molecular weight is 359 g/mol. The number of ether oxygens (including phenoxy) is 1. The minimum Gasteiger partial charge on any atom is -0.463 e. The molecule has 0 saturated heterocycles. The van der Waals surface area contributed by atoms with Crippen LogP contribution in [-0.4, -0.2) is 35.5 Å². The molecule has 0 aliphatic rings. The van der Waals surface area contributed by atoms with Crippen molar-refractivity contribution in [2.24, 2.45) is 0 Å². The summed E-state index contributed by atoms with van der Waals surface area (Å²) in [7, 11) is 0. The van der Waals surface area contributed by atoms with Crippen LogP contribution in [0.2, 0.25) is 0 Å². The van der Waals surface area contributed by atoms with Gasteiger partial charge < -0.3 is 14.9 Å². The van der Waals surface area contributed by atoms with Crippen LogP contribution in [0.15, 0.2) is 0 Å². The third-order valence-corrected chi connectivity index (χ3v) is 4.63. The van der Waals surface area contributed by atoms with E-state index in [9.17, 15) is 4.79 Å². The van der Waals surface area contributed by atoms with E-state index in [1.165, 1.54) is 83.5 Å². The normalized spacial score (nSPS) is 12.3. The number of hydrogen-bond donors (Lipinski definition) is 2. The molecular formula is C21H42O4. The van der Waals surface area contributed by atoms with E-state index in [1.54, 1.807) is 0 Å². The maximum Gasteiger partial charge on any atom is 0.305 e. The maximum absolute atomic E-state index is 11.4. The molecule has 0 aromatic rings. The van der Waals surface area contributed by atoms with Gasteiger partial charge in [-0.25, -0.2) is 0 Å². The molecule has 0 rings (SSSR count). The standard InChI is InChI=1S/C21H42O4/c1-2-3-4-5-6-7-8-9-10-11-12-13-14-15-16-17-21(24)25-19-20(23)18-22/h20,22-23H,2-19H2,1H3/t20-/m0/s1. The first-order valence-electron chi connectivity index (χ1n) is 10.6. The lowest BCUT2D eigenvalue weighted by molar-refractivity contribution is -0.147. The van der Waals surface area contributed by atoms with Gasteiger partial charge in [0.2, 0.25) is 0 Å². The monoisotopic (exact) mass is 358 g/mol. The van der Waals surface area contributed by atoms with Gasteiger partial charge in [-0.3, -0.25) is 4.79 Å². The first kappa shape index (κ1) is 24.4. The van der Waals surface area contributed by atoms with E-state index in [0.717, 1.165) is 12.8 Å². The molecule has 1 atom stereocenters. The second-order valence-corrected chi connectivity index (χ2v) is 7.22. The maximum atomic E-state index is 11.4. The summed E-state index contributed by atoms with van der Waals surface area (Å²) in [5, 5.41) is 17.7. The molecule has 0 heterocycles. The summed E-state index contributed by atoms with van der Waals surface area (Å²) in [6.07, 6.45) is 19.0. The van der Waals surface area contributed by atoms with Crippen molar-refractivity contribution >= 4 is 5.97 Å². The Kier molecular flexibility index (Phi) is 19.2. The molecule has 0 aromatic carbocycles. The Hall–Kier alpha value is -0.610. The Morgan fingerprint density at radius 1 is 0.760 bits per heavy atom. The largest absolute Gasteiger partial charge is 0.463 e. The molecule has 4 heteroatoms. The summed E-state index contributed by atoms with van der Waals surface area (Å²) in [6.45, 7) is 1.79. The topological polar surface area (TPSA) is 66.8 Å². The van der Waals surface area contributed by atoms with Crippen LogP contribution < -0.4 is 0 Å². The Labute approximate surface area is 155 Å². The van der Waals surface area contributed by atoms with Crippen LogP contribution in [0, 0.1) is 0 Å². The van der Waals surface area contributed by atoms with Crippen LogP contribution >= 0.6 is 0 Å². The predicted octanol–water partition coefficient (Wildman–Crippen LogP) is 5.14. The Morgan fingerprint density at radius 2 is 1.16 bits per heavy atom. The molecule has 0 radical (unpaired) electrons. The Balaban J connectivity index is 3.12. The van der Waals surface area contributed by atoms with Crippen molar-refractivity contribution in [1.82, 2.24) is 0 Å². The van der Waals surface area contributed by atoms with E-state index in [1.807, 2.05) is 0 Å². The molecule has 0 amide bonds. The lowest BCUT2D eigenvalue weighted by Crippen LogP contribution is -2.21. The van der Waals surface area contributed by atoms with Crippen molar-refractivity contribution in [1.29, 1.82) is 0 Å². The molecule has 0 bridgehead atoms. The number of aliphatic hydroxyl groups is 2. The van der Waals surface area contributed by atoms with E-state index < -0.39 is 6.10 Å². The van der Waals surface area contributed by atoms with Crippen molar-refractivity contribution in [2.45, 2.75) is 116 Å². The van der Waals surface area contributed by atoms with Gasteiger partial charge in [0.1, 0.15) is 12.7 Å². The van der Waals surface area contributed by atoms with Gasteiger partial charge in [0.05, 0.1) is 6.61 Å². The smallest absolute Gasteiger partial charge is 0.305 e. The van der Waals surface area contributed by atoms with Crippen molar-refractivity contribution in [2.75, 3.05) is 13.2 Å². The fourth-order valence-electron chi connectivity index (χ4n) is 2.95. The number of unbranched alkanes of at least 4 members (excludes halogenated alkanes) is 14. The van der Waals surface area contributed by atoms with Crippen molar-refractivity contribution in [3.63, 3.8) is 0 Å². The number of aliphatic hydroxyl groups excluding tert-OH is 2. The highest BCUT2D eigenvalue weighted by atomic mass is 16.5. The van der Waals surface area contributed by atoms with E-state index in [-0.39, 0.29) is 19.2 Å². The summed E-state index contributed by atoms with van der Waals surface area (Å²) in [4.78, 5) is 11.4. The molecule has 0 unspecified atom stereocenters. The molecule has 0 saturated carbocycles. The summed E-state index contributed by atoms with van der Waals surface area (Å²) >= 11 is 0. The molecule has 0 aliphatic heterocycles. The van der Waals surface area contributed by atoms with Crippen molar-refractivity contribution < 1.29 is 19.7 Å². The molecule has 0 aromatic heterocycles. The van der Waals surface area contributed by atoms with Crippen LogP contribution in [0.3, 0.4) is 0 Å². The Bertz CT molecular complexity index is 281. The zero-order chi connectivity index (χ0) is 18.6. The van der Waals surface area contributed by atoms with Crippen LogP contribution in [0.5, 0.6) is 0 Å². The van der Waals surface area contributed by atoms with Crippen LogP contribution in [0.1, 0.15) is 110 Å².